The van der Waals surface area contributed by atoms with Crippen molar-refractivity contribution in [1.82, 2.24) is 4.90 Å². The van der Waals surface area contributed by atoms with Crippen LogP contribution in [0.25, 0.3) is 0 Å². The largest absolute Gasteiger partial charge is 0.484 e. The first-order valence-electron chi connectivity index (χ1n) is 7.90. The molecule has 122 valence electrons. The number of hydrogen-bond donors (Lipinski definition) is 0. The first kappa shape index (κ1) is 18.7. The fourth-order valence-electron chi connectivity index (χ4n) is 2.91. The summed E-state index contributed by atoms with van der Waals surface area (Å²) >= 11 is 1.34. The van der Waals surface area contributed by atoms with Gasteiger partial charge in [0.1, 0.15) is 5.82 Å². The van der Waals surface area contributed by atoms with E-state index < -0.39 is 0 Å². The smallest absolute Gasteiger partial charge is 0.176 e. The van der Waals surface area contributed by atoms with Crippen molar-refractivity contribution in [2.24, 2.45) is 0 Å². The predicted octanol–water partition coefficient (Wildman–Crippen LogP) is 5.12. The van der Waals surface area contributed by atoms with Crippen LogP contribution in [0, 0.1) is 5.82 Å². The van der Waals surface area contributed by atoms with Crippen LogP contribution < -0.4 is 4.74 Å². The molecule has 1 aliphatic rings. The van der Waals surface area contributed by atoms with Gasteiger partial charge in [-0.05, 0) is 38.8 Å². The maximum absolute atomic E-state index is 12.9. The van der Waals surface area contributed by atoms with E-state index in [9.17, 15) is 4.39 Å². The number of thiophene rings is 1. The Labute approximate surface area is 138 Å². The van der Waals surface area contributed by atoms with Crippen molar-refractivity contribution in [3.63, 3.8) is 0 Å². The van der Waals surface area contributed by atoms with Gasteiger partial charge < -0.3 is 9.64 Å². The highest BCUT2D eigenvalue weighted by Gasteiger charge is 2.21. The van der Waals surface area contributed by atoms with Gasteiger partial charge in [0, 0.05) is 17.5 Å². The third kappa shape index (κ3) is 6.54. The highest BCUT2D eigenvalue weighted by atomic mass is 35.5. The predicted molar refractivity (Wildman–Crippen MR) is 90.4 cm³/mol. The molecule has 1 aromatic rings. The highest BCUT2D eigenvalue weighted by Crippen LogP contribution is 2.24. The van der Waals surface area contributed by atoms with Crippen molar-refractivity contribution in [3.05, 3.63) is 17.3 Å². The van der Waals surface area contributed by atoms with Crippen molar-refractivity contribution in [1.29, 1.82) is 0 Å². The molecule has 5 heteroatoms. The van der Waals surface area contributed by atoms with E-state index in [4.69, 9.17) is 4.74 Å². The molecule has 1 fully saturated rings. The van der Waals surface area contributed by atoms with Crippen molar-refractivity contribution in [2.45, 2.75) is 57.9 Å². The number of unbranched alkanes of at least 4 members (excludes halogenated alkanes) is 2. The molecule has 0 spiro atoms. The SMILES string of the molecule is CCCCCN1CCCCC1CCOc1cc(F)cs1.Cl. The minimum absolute atomic E-state index is 0. The molecular formula is C16H27ClFNOS. The summed E-state index contributed by atoms with van der Waals surface area (Å²) in [6, 6.07) is 2.13. The summed E-state index contributed by atoms with van der Waals surface area (Å²) < 4.78 is 18.5. The average molecular weight is 336 g/mol. The second-order valence-electron chi connectivity index (χ2n) is 5.61. The van der Waals surface area contributed by atoms with Crippen molar-refractivity contribution in [2.75, 3.05) is 19.7 Å². The minimum Gasteiger partial charge on any atom is -0.484 e. The molecule has 0 bridgehead atoms. The van der Waals surface area contributed by atoms with Crippen LogP contribution in [0.2, 0.25) is 0 Å². The quantitative estimate of drug-likeness (QED) is 0.611. The monoisotopic (exact) mass is 335 g/mol. The van der Waals surface area contributed by atoms with Crippen LogP contribution in [-0.4, -0.2) is 30.6 Å². The van der Waals surface area contributed by atoms with Crippen LogP contribution >= 0.6 is 23.7 Å². The minimum atomic E-state index is -0.191. The second-order valence-corrected chi connectivity index (χ2v) is 6.49. The van der Waals surface area contributed by atoms with Gasteiger partial charge in [-0.25, -0.2) is 4.39 Å². The molecule has 1 atom stereocenters. The third-order valence-electron chi connectivity index (χ3n) is 4.04. The summed E-state index contributed by atoms with van der Waals surface area (Å²) in [4.78, 5) is 2.64. The Kier molecular flexibility index (Phi) is 9.29. The van der Waals surface area contributed by atoms with Gasteiger partial charge in [-0.1, -0.05) is 26.2 Å². The summed E-state index contributed by atoms with van der Waals surface area (Å²) in [6.45, 7) is 5.42. The number of halogens is 2. The van der Waals surface area contributed by atoms with Gasteiger partial charge in [-0.3, -0.25) is 0 Å². The Bertz CT molecular complexity index is 388. The summed E-state index contributed by atoms with van der Waals surface area (Å²) in [5, 5.41) is 2.20. The maximum Gasteiger partial charge on any atom is 0.176 e. The number of ether oxygens (including phenoxy) is 1. The second kappa shape index (κ2) is 10.4. The zero-order valence-electron chi connectivity index (χ0n) is 12.9. The molecular weight excluding hydrogens is 309 g/mol. The van der Waals surface area contributed by atoms with Crippen LogP contribution in [0.5, 0.6) is 5.06 Å². The summed E-state index contributed by atoms with van der Waals surface area (Å²) in [5.74, 6) is -0.191. The van der Waals surface area contributed by atoms with Crippen LogP contribution in [0.15, 0.2) is 11.4 Å². The van der Waals surface area contributed by atoms with E-state index in [1.165, 1.54) is 74.4 Å². The summed E-state index contributed by atoms with van der Waals surface area (Å²) in [6.07, 6.45) is 8.94. The fraction of sp³-hybridized carbons (Fsp3) is 0.750. The number of nitrogens with zero attached hydrogens (tertiary/aromatic N) is 1. The van der Waals surface area contributed by atoms with Crippen LogP contribution in [0.3, 0.4) is 0 Å². The van der Waals surface area contributed by atoms with Gasteiger partial charge in [0.25, 0.3) is 0 Å². The lowest BCUT2D eigenvalue weighted by molar-refractivity contribution is 0.122. The lowest BCUT2D eigenvalue weighted by Gasteiger charge is -2.35. The molecule has 1 aliphatic heterocycles. The Hall–Kier alpha value is -0.320. The Morgan fingerprint density at radius 2 is 2.24 bits per heavy atom. The standard InChI is InChI=1S/C16H26FNOS.ClH/c1-2-3-5-9-18-10-6-4-7-15(18)8-11-19-16-12-14(17)13-20-16;/h12-13,15H,2-11H2,1H3;1H. The third-order valence-corrected chi connectivity index (χ3v) is 4.85. The molecule has 2 rings (SSSR count). The van der Waals surface area contributed by atoms with Gasteiger partial charge in [0.05, 0.1) is 6.61 Å². The molecule has 0 amide bonds. The molecule has 0 aromatic carbocycles. The summed E-state index contributed by atoms with van der Waals surface area (Å²) in [7, 11) is 0. The zero-order chi connectivity index (χ0) is 14.2. The summed E-state index contributed by atoms with van der Waals surface area (Å²) in [5.41, 5.74) is 0. The number of hydrogen-bond acceptors (Lipinski definition) is 3. The first-order valence-corrected chi connectivity index (χ1v) is 8.78. The molecule has 0 N–H and O–H groups in total. The molecule has 0 radical (unpaired) electrons. The molecule has 0 aliphatic carbocycles. The normalized spacial score (nSPS) is 19.2. The van der Waals surface area contributed by atoms with Gasteiger partial charge >= 0.3 is 0 Å². The van der Waals surface area contributed by atoms with E-state index in [1.807, 2.05) is 0 Å². The van der Waals surface area contributed by atoms with E-state index in [2.05, 4.69) is 11.8 Å². The molecule has 21 heavy (non-hydrogen) atoms. The van der Waals surface area contributed by atoms with E-state index >= 15 is 0 Å². The first-order chi connectivity index (χ1) is 9.79. The molecule has 2 heterocycles. The van der Waals surface area contributed by atoms with E-state index in [0.717, 1.165) is 6.42 Å². The average Bonchev–Trinajstić information content (AvgIpc) is 2.86. The maximum atomic E-state index is 12.9. The van der Waals surface area contributed by atoms with Crippen molar-refractivity contribution in [3.8, 4) is 5.06 Å². The van der Waals surface area contributed by atoms with E-state index in [1.54, 1.807) is 0 Å². The van der Waals surface area contributed by atoms with Crippen LogP contribution in [-0.2, 0) is 0 Å². The zero-order valence-corrected chi connectivity index (χ0v) is 14.5. The number of piperidine rings is 1. The van der Waals surface area contributed by atoms with Crippen molar-refractivity contribution >= 4 is 23.7 Å². The Balaban J connectivity index is 0.00000220. The Morgan fingerprint density at radius 3 is 2.95 bits per heavy atom. The lowest BCUT2D eigenvalue weighted by Crippen LogP contribution is -2.40. The molecule has 1 aromatic heterocycles. The molecule has 1 saturated heterocycles. The van der Waals surface area contributed by atoms with Crippen molar-refractivity contribution < 1.29 is 9.13 Å². The van der Waals surface area contributed by atoms with Crippen LogP contribution in [0.1, 0.15) is 51.9 Å². The van der Waals surface area contributed by atoms with Gasteiger partial charge in [-0.2, -0.15) is 0 Å². The lowest BCUT2D eigenvalue weighted by atomic mass is 9.99. The Morgan fingerprint density at radius 1 is 1.38 bits per heavy atom. The number of rotatable bonds is 8. The molecule has 1 unspecified atom stereocenters. The topological polar surface area (TPSA) is 12.5 Å². The van der Waals surface area contributed by atoms with Crippen LogP contribution in [0.4, 0.5) is 4.39 Å². The van der Waals surface area contributed by atoms with E-state index in [0.29, 0.717) is 17.7 Å². The molecule has 2 nitrogen and oxygen atoms in total. The molecule has 0 saturated carbocycles. The van der Waals surface area contributed by atoms with Gasteiger partial charge in [0.2, 0.25) is 0 Å². The van der Waals surface area contributed by atoms with Gasteiger partial charge in [-0.15, -0.1) is 23.7 Å². The number of likely N-dealkylation sites (tertiary alicyclic amines) is 1. The van der Waals surface area contributed by atoms with E-state index in [-0.39, 0.29) is 18.2 Å². The highest BCUT2D eigenvalue weighted by molar-refractivity contribution is 7.11. The van der Waals surface area contributed by atoms with Gasteiger partial charge in [0.15, 0.2) is 5.06 Å². The fourth-order valence-corrected chi connectivity index (χ4v) is 3.54.